The van der Waals surface area contributed by atoms with Crippen molar-refractivity contribution in [3.63, 3.8) is 0 Å². The molecule has 3 aromatic carbocycles. The molecule has 0 aliphatic heterocycles. The van der Waals surface area contributed by atoms with Gasteiger partial charge in [0.25, 0.3) is 5.91 Å². The van der Waals surface area contributed by atoms with Crippen LogP contribution < -0.4 is 10.1 Å². The zero-order valence-corrected chi connectivity index (χ0v) is 20.1. The molecule has 0 aliphatic carbocycles. The standard InChI is InChI=1S/C26H29BrN2O3/c1-3-22(26(31)28-4-2)29(17-16-19-10-6-5-7-11-19)24(30)18-32-23-15-14-20-12-8-9-13-21(20)25(23)27/h5-15,22H,3-4,16-18H2,1-2H3,(H,28,31)/t22-/m0/s1. The molecule has 0 fully saturated rings. The van der Waals surface area contributed by atoms with Crippen molar-refractivity contribution in [1.82, 2.24) is 10.2 Å². The number of hydrogen-bond donors (Lipinski definition) is 1. The Balaban J connectivity index is 1.76. The van der Waals surface area contributed by atoms with Gasteiger partial charge in [-0.05, 0) is 58.1 Å². The van der Waals surface area contributed by atoms with Gasteiger partial charge in [-0.2, -0.15) is 0 Å². The van der Waals surface area contributed by atoms with Crippen LogP contribution in [0.3, 0.4) is 0 Å². The van der Waals surface area contributed by atoms with Crippen LogP contribution in [0.2, 0.25) is 0 Å². The molecule has 2 amide bonds. The fourth-order valence-corrected chi connectivity index (χ4v) is 4.34. The molecule has 0 bridgehead atoms. The Bertz CT molecular complexity index is 1060. The molecule has 0 unspecified atom stereocenters. The minimum absolute atomic E-state index is 0.136. The van der Waals surface area contributed by atoms with Crippen molar-refractivity contribution < 1.29 is 14.3 Å². The van der Waals surface area contributed by atoms with Crippen molar-refractivity contribution in [2.24, 2.45) is 0 Å². The molecule has 0 saturated carbocycles. The molecule has 0 aliphatic rings. The maximum absolute atomic E-state index is 13.2. The van der Waals surface area contributed by atoms with Crippen LogP contribution in [0.5, 0.6) is 5.75 Å². The highest BCUT2D eigenvalue weighted by Gasteiger charge is 2.28. The SMILES string of the molecule is CCNC(=O)[C@H](CC)N(CCc1ccccc1)C(=O)COc1ccc2ccccc2c1Br. The monoisotopic (exact) mass is 496 g/mol. The zero-order valence-electron chi connectivity index (χ0n) is 18.5. The van der Waals surface area contributed by atoms with Gasteiger partial charge in [-0.25, -0.2) is 0 Å². The van der Waals surface area contributed by atoms with Crippen LogP contribution in [0.1, 0.15) is 25.8 Å². The van der Waals surface area contributed by atoms with Crippen molar-refractivity contribution in [2.75, 3.05) is 19.7 Å². The first-order valence-corrected chi connectivity index (χ1v) is 11.8. The first kappa shape index (κ1) is 23.8. The van der Waals surface area contributed by atoms with Gasteiger partial charge in [0.05, 0.1) is 4.47 Å². The quantitative estimate of drug-likeness (QED) is 0.431. The number of rotatable bonds is 10. The fourth-order valence-electron chi connectivity index (χ4n) is 3.74. The lowest BCUT2D eigenvalue weighted by molar-refractivity contribution is -0.142. The van der Waals surface area contributed by atoms with E-state index in [0.29, 0.717) is 31.7 Å². The van der Waals surface area contributed by atoms with Crippen molar-refractivity contribution in [3.05, 3.63) is 76.8 Å². The normalized spacial score (nSPS) is 11.7. The highest BCUT2D eigenvalue weighted by atomic mass is 79.9. The van der Waals surface area contributed by atoms with Crippen LogP contribution in [0.4, 0.5) is 0 Å². The van der Waals surface area contributed by atoms with Gasteiger partial charge in [0, 0.05) is 13.1 Å². The number of hydrogen-bond acceptors (Lipinski definition) is 3. The van der Waals surface area contributed by atoms with Gasteiger partial charge in [-0.1, -0.05) is 67.6 Å². The van der Waals surface area contributed by atoms with E-state index in [-0.39, 0.29) is 18.4 Å². The first-order chi connectivity index (χ1) is 15.5. The number of ether oxygens (including phenoxy) is 1. The number of halogens is 1. The summed E-state index contributed by atoms with van der Waals surface area (Å²) >= 11 is 3.60. The highest BCUT2D eigenvalue weighted by Crippen LogP contribution is 2.33. The number of carbonyl (C=O) groups is 2. The van der Waals surface area contributed by atoms with Crippen molar-refractivity contribution in [2.45, 2.75) is 32.7 Å². The summed E-state index contributed by atoms with van der Waals surface area (Å²) < 4.78 is 6.72. The van der Waals surface area contributed by atoms with E-state index < -0.39 is 6.04 Å². The van der Waals surface area contributed by atoms with Crippen LogP contribution >= 0.6 is 15.9 Å². The third-order valence-electron chi connectivity index (χ3n) is 5.40. The summed E-state index contributed by atoms with van der Waals surface area (Å²) in [5.74, 6) is 0.258. The Kier molecular flexibility index (Phi) is 8.68. The zero-order chi connectivity index (χ0) is 22.9. The average molecular weight is 497 g/mol. The molecular formula is C26H29BrN2O3. The Morgan fingerprint density at radius 3 is 2.44 bits per heavy atom. The number of amides is 2. The molecular weight excluding hydrogens is 468 g/mol. The second kappa shape index (κ2) is 11.7. The smallest absolute Gasteiger partial charge is 0.261 e. The van der Waals surface area contributed by atoms with Crippen molar-refractivity contribution in [3.8, 4) is 5.75 Å². The number of carbonyl (C=O) groups excluding carboxylic acids is 2. The lowest BCUT2D eigenvalue weighted by Gasteiger charge is -2.30. The highest BCUT2D eigenvalue weighted by molar-refractivity contribution is 9.10. The van der Waals surface area contributed by atoms with Crippen molar-refractivity contribution in [1.29, 1.82) is 0 Å². The molecule has 1 atom stereocenters. The molecule has 0 radical (unpaired) electrons. The summed E-state index contributed by atoms with van der Waals surface area (Å²) in [4.78, 5) is 27.5. The van der Waals surface area contributed by atoms with Gasteiger partial charge >= 0.3 is 0 Å². The van der Waals surface area contributed by atoms with Gasteiger partial charge in [0.2, 0.25) is 5.91 Å². The Morgan fingerprint density at radius 1 is 1.00 bits per heavy atom. The van der Waals surface area contributed by atoms with E-state index in [1.54, 1.807) is 4.90 Å². The topological polar surface area (TPSA) is 58.6 Å². The van der Waals surface area contributed by atoms with E-state index in [0.717, 1.165) is 20.8 Å². The van der Waals surface area contributed by atoms with Gasteiger partial charge < -0.3 is 15.0 Å². The molecule has 0 saturated heterocycles. The van der Waals surface area contributed by atoms with Gasteiger partial charge in [-0.15, -0.1) is 0 Å². The van der Waals surface area contributed by atoms with Crippen molar-refractivity contribution >= 4 is 38.5 Å². The Labute approximate surface area is 197 Å². The largest absolute Gasteiger partial charge is 0.483 e. The third-order valence-corrected chi connectivity index (χ3v) is 6.22. The summed E-state index contributed by atoms with van der Waals surface area (Å²) in [6, 6.07) is 21.2. The van der Waals surface area contributed by atoms with Crippen LogP contribution in [0.25, 0.3) is 10.8 Å². The number of nitrogens with zero attached hydrogens (tertiary/aromatic N) is 1. The van der Waals surface area contributed by atoms with E-state index in [2.05, 4.69) is 21.2 Å². The van der Waals surface area contributed by atoms with E-state index in [1.165, 1.54) is 0 Å². The third kappa shape index (κ3) is 5.88. The number of fused-ring (bicyclic) bond motifs is 1. The molecule has 6 heteroatoms. The summed E-state index contributed by atoms with van der Waals surface area (Å²) in [7, 11) is 0. The number of nitrogens with one attached hydrogen (secondary N) is 1. The van der Waals surface area contributed by atoms with E-state index in [1.807, 2.05) is 80.6 Å². The molecule has 0 aromatic heterocycles. The molecule has 168 valence electrons. The molecule has 32 heavy (non-hydrogen) atoms. The molecule has 3 rings (SSSR count). The number of likely N-dealkylation sites (N-methyl/N-ethyl adjacent to an activating group) is 1. The lowest BCUT2D eigenvalue weighted by Crippen LogP contribution is -2.51. The predicted molar refractivity (Wildman–Crippen MR) is 132 cm³/mol. The van der Waals surface area contributed by atoms with E-state index in [4.69, 9.17) is 4.74 Å². The van der Waals surface area contributed by atoms with Crippen LogP contribution in [0, 0.1) is 0 Å². The lowest BCUT2D eigenvalue weighted by atomic mass is 10.1. The van der Waals surface area contributed by atoms with E-state index >= 15 is 0 Å². The molecule has 0 heterocycles. The van der Waals surface area contributed by atoms with Crippen LogP contribution in [0.15, 0.2) is 71.2 Å². The van der Waals surface area contributed by atoms with Gasteiger partial charge in [0.1, 0.15) is 11.8 Å². The molecule has 1 N–H and O–H groups in total. The summed E-state index contributed by atoms with van der Waals surface area (Å²) in [6.45, 7) is 4.63. The Morgan fingerprint density at radius 2 is 1.72 bits per heavy atom. The second-order valence-corrected chi connectivity index (χ2v) is 8.32. The minimum atomic E-state index is -0.533. The van der Waals surface area contributed by atoms with Crippen LogP contribution in [-0.2, 0) is 16.0 Å². The molecule has 3 aromatic rings. The fraction of sp³-hybridized carbons (Fsp3) is 0.308. The molecule has 0 spiro atoms. The Hall–Kier alpha value is -2.86. The summed E-state index contributed by atoms with van der Waals surface area (Å²) in [5.41, 5.74) is 1.12. The first-order valence-electron chi connectivity index (χ1n) is 11.0. The summed E-state index contributed by atoms with van der Waals surface area (Å²) in [5, 5.41) is 4.96. The van der Waals surface area contributed by atoms with Gasteiger partial charge in [0.15, 0.2) is 6.61 Å². The van der Waals surface area contributed by atoms with Crippen LogP contribution in [-0.4, -0.2) is 42.5 Å². The summed E-state index contributed by atoms with van der Waals surface area (Å²) in [6.07, 6.45) is 1.20. The average Bonchev–Trinajstić information content (AvgIpc) is 2.82. The molecule has 5 nitrogen and oxygen atoms in total. The number of benzene rings is 3. The maximum atomic E-state index is 13.2. The maximum Gasteiger partial charge on any atom is 0.261 e. The predicted octanol–water partition coefficient (Wildman–Crippen LogP) is 4.97. The van der Waals surface area contributed by atoms with E-state index in [9.17, 15) is 9.59 Å². The van der Waals surface area contributed by atoms with Gasteiger partial charge in [-0.3, -0.25) is 9.59 Å². The minimum Gasteiger partial charge on any atom is -0.483 e. The second-order valence-electron chi connectivity index (χ2n) is 7.53.